The first-order chi connectivity index (χ1) is 6.27. The summed E-state index contributed by atoms with van der Waals surface area (Å²) in [5, 5.41) is 2.88. The maximum absolute atomic E-state index is 11.4. The first-order valence-electron chi connectivity index (χ1n) is 4.24. The molecule has 1 aliphatic rings. The summed E-state index contributed by atoms with van der Waals surface area (Å²) in [6, 6.07) is 0.388. The van der Waals surface area contributed by atoms with Gasteiger partial charge in [0.25, 0.3) is 5.91 Å². The fourth-order valence-electron chi connectivity index (χ4n) is 0.829. The van der Waals surface area contributed by atoms with E-state index in [1.165, 1.54) is 18.0 Å². The standard InChI is InChI=1S/C8H14N2OS2/c9-5-7(13-4-3-12)8(11)10-6-1-2-6/h5-6,12H,1-4,9H2,(H,10,11)/b7-5-. The predicted octanol–water partition coefficient (Wildman–Crippen LogP) is 0.728. The molecule has 1 amide bonds. The van der Waals surface area contributed by atoms with Crippen LogP contribution in [0.15, 0.2) is 11.1 Å². The van der Waals surface area contributed by atoms with E-state index in [0.29, 0.717) is 10.9 Å². The molecule has 3 nitrogen and oxygen atoms in total. The van der Waals surface area contributed by atoms with Crippen molar-refractivity contribution in [3.05, 3.63) is 11.1 Å². The van der Waals surface area contributed by atoms with Gasteiger partial charge in [-0.25, -0.2) is 0 Å². The third-order valence-corrected chi connectivity index (χ3v) is 3.20. The number of thiol groups is 1. The second-order valence-corrected chi connectivity index (χ2v) is 4.43. The molecule has 0 unspecified atom stereocenters. The number of amides is 1. The number of hydrogen-bond acceptors (Lipinski definition) is 4. The Kier molecular flexibility index (Phi) is 4.52. The van der Waals surface area contributed by atoms with Gasteiger partial charge in [-0.15, -0.1) is 11.8 Å². The van der Waals surface area contributed by atoms with Crippen LogP contribution < -0.4 is 11.1 Å². The lowest BCUT2D eigenvalue weighted by Crippen LogP contribution is -2.26. The van der Waals surface area contributed by atoms with Crippen LogP contribution in [0.25, 0.3) is 0 Å². The van der Waals surface area contributed by atoms with E-state index < -0.39 is 0 Å². The SMILES string of the molecule is N/C=C(\SCCS)C(=O)NC1CC1. The summed E-state index contributed by atoms with van der Waals surface area (Å²) in [7, 11) is 0. The zero-order valence-electron chi connectivity index (χ0n) is 7.32. The minimum Gasteiger partial charge on any atom is -0.404 e. The molecule has 0 aromatic carbocycles. The van der Waals surface area contributed by atoms with Crippen molar-refractivity contribution in [1.82, 2.24) is 5.32 Å². The maximum atomic E-state index is 11.4. The van der Waals surface area contributed by atoms with Gasteiger partial charge in [0.2, 0.25) is 0 Å². The van der Waals surface area contributed by atoms with Crippen LogP contribution in [0, 0.1) is 0 Å². The van der Waals surface area contributed by atoms with Crippen LogP contribution in [0.3, 0.4) is 0 Å². The number of nitrogens with one attached hydrogen (secondary N) is 1. The largest absolute Gasteiger partial charge is 0.404 e. The average molecular weight is 218 g/mol. The quantitative estimate of drug-likeness (QED) is 0.471. The number of carbonyl (C=O) groups is 1. The van der Waals surface area contributed by atoms with E-state index in [1.54, 1.807) is 0 Å². The molecule has 1 saturated carbocycles. The van der Waals surface area contributed by atoms with Crippen LogP contribution in [-0.4, -0.2) is 23.5 Å². The highest BCUT2D eigenvalue weighted by molar-refractivity contribution is 8.04. The summed E-state index contributed by atoms with van der Waals surface area (Å²) < 4.78 is 0. The highest BCUT2D eigenvalue weighted by atomic mass is 32.2. The molecular weight excluding hydrogens is 204 g/mol. The molecule has 0 radical (unpaired) electrons. The molecule has 0 aliphatic heterocycles. The van der Waals surface area contributed by atoms with Crippen LogP contribution in [0.5, 0.6) is 0 Å². The van der Waals surface area contributed by atoms with Crippen molar-refractivity contribution < 1.29 is 4.79 Å². The van der Waals surface area contributed by atoms with E-state index in [4.69, 9.17) is 5.73 Å². The van der Waals surface area contributed by atoms with Gasteiger partial charge in [-0.05, 0) is 18.6 Å². The smallest absolute Gasteiger partial charge is 0.259 e. The molecule has 1 aliphatic carbocycles. The molecule has 0 atom stereocenters. The molecule has 74 valence electrons. The molecule has 5 heteroatoms. The molecule has 1 rings (SSSR count). The minimum atomic E-state index is -0.0446. The fraction of sp³-hybridized carbons (Fsp3) is 0.625. The second-order valence-electron chi connectivity index (χ2n) is 2.85. The van der Waals surface area contributed by atoms with Gasteiger partial charge in [-0.2, -0.15) is 12.6 Å². The lowest BCUT2D eigenvalue weighted by molar-refractivity contribution is -0.116. The molecule has 1 fully saturated rings. The lowest BCUT2D eigenvalue weighted by atomic mass is 10.5. The normalized spacial score (nSPS) is 17.2. The van der Waals surface area contributed by atoms with Gasteiger partial charge in [-0.1, -0.05) is 0 Å². The van der Waals surface area contributed by atoms with Gasteiger partial charge in [0.15, 0.2) is 0 Å². The van der Waals surface area contributed by atoms with Gasteiger partial charge in [0.05, 0.1) is 4.91 Å². The molecular formula is C8H14N2OS2. The van der Waals surface area contributed by atoms with Gasteiger partial charge in [0, 0.05) is 18.0 Å². The Labute approximate surface area is 87.9 Å². The average Bonchev–Trinajstić information content (AvgIpc) is 2.90. The van der Waals surface area contributed by atoms with Gasteiger partial charge in [-0.3, -0.25) is 4.79 Å². The second kappa shape index (κ2) is 5.44. The molecule has 0 aromatic heterocycles. The molecule has 0 saturated heterocycles. The first kappa shape index (κ1) is 10.8. The molecule has 0 heterocycles. The van der Waals surface area contributed by atoms with E-state index in [-0.39, 0.29) is 5.91 Å². The Morgan fingerprint density at radius 1 is 1.69 bits per heavy atom. The Morgan fingerprint density at radius 2 is 2.38 bits per heavy atom. The Morgan fingerprint density at radius 3 is 2.85 bits per heavy atom. The van der Waals surface area contributed by atoms with E-state index in [2.05, 4.69) is 17.9 Å². The summed E-state index contributed by atoms with van der Waals surface area (Å²) >= 11 is 5.51. The van der Waals surface area contributed by atoms with Crippen LogP contribution in [-0.2, 0) is 4.79 Å². The Hall–Kier alpha value is -0.290. The molecule has 13 heavy (non-hydrogen) atoms. The first-order valence-corrected chi connectivity index (χ1v) is 5.86. The number of hydrogen-bond donors (Lipinski definition) is 3. The number of thioether (sulfide) groups is 1. The topological polar surface area (TPSA) is 55.1 Å². The van der Waals surface area contributed by atoms with Crippen LogP contribution >= 0.6 is 24.4 Å². The number of nitrogens with two attached hydrogens (primary N) is 1. The maximum Gasteiger partial charge on any atom is 0.259 e. The van der Waals surface area contributed by atoms with Crippen molar-refractivity contribution in [3.8, 4) is 0 Å². The Bertz CT molecular complexity index is 214. The van der Waals surface area contributed by atoms with Crippen LogP contribution in [0.1, 0.15) is 12.8 Å². The third kappa shape index (κ3) is 3.95. The summed E-state index contributed by atoms with van der Waals surface area (Å²) in [5.41, 5.74) is 5.34. The van der Waals surface area contributed by atoms with Gasteiger partial charge >= 0.3 is 0 Å². The summed E-state index contributed by atoms with van der Waals surface area (Å²) in [4.78, 5) is 12.0. The van der Waals surface area contributed by atoms with Crippen LogP contribution in [0.4, 0.5) is 0 Å². The van der Waals surface area contributed by atoms with Crippen molar-refractivity contribution in [2.75, 3.05) is 11.5 Å². The summed E-state index contributed by atoms with van der Waals surface area (Å²) in [6.45, 7) is 0. The minimum absolute atomic E-state index is 0.0446. The monoisotopic (exact) mass is 218 g/mol. The molecule has 0 aromatic rings. The van der Waals surface area contributed by atoms with Crippen molar-refractivity contribution >= 4 is 30.3 Å². The number of rotatable bonds is 5. The summed E-state index contributed by atoms with van der Waals surface area (Å²) in [5.74, 6) is 1.51. The summed E-state index contributed by atoms with van der Waals surface area (Å²) in [6.07, 6.45) is 3.56. The van der Waals surface area contributed by atoms with Crippen molar-refractivity contribution in [3.63, 3.8) is 0 Å². The van der Waals surface area contributed by atoms with E-state index in [9.17, 15) is 4.79 Å². The van der Waals surface area contributed by atoms with E-state index >= 15 is 0 Å². The van der Waals surface area contributed by atoms with Crippen molar-refractivity contribution in [1.29, 1.82) is 0 Å². The Balaban J connectivity index is 2.31. The van der Waals surface area contributed by atoms with E-state index in [1.807, 2.05) is 0 Å². The highest BCUT2D eigenvalue weighted by Crippen LogP contribution is 2.21. The molecule has 0 bridgehead atoms. The lowest BCUT2D eigenvalue weighted by Gasteiger charge is -2.05. The number of carbonyl (C=O) groups excluding carboxylic acids is 1. The molecule has 0 spiro atoms. The fourth-order valence-corrected chi connectivity index (χ4v) is 1.70. The zero-order valence-corrected chi connectivity index (χ0v) is 9.04. The molecule has 3 N–H and O–H groups in total. The van der Waals surface area contributed by atoms with Crippen molar-refractivity contribution in [2.45, 2.75) is 18.9 Å². The zero-order chi connectivity index (χ0) is 9.68. The predicted molar refractivity (Wildman–Crippen MR) is 59.7 cm³/mol. The van der Waals surface area contributed by atoms with Crippen molar-refractivity contribution in [2.24, 2.45) is 5.73 Å². The van der Waals surface area contributed by atoms with Gasteiger partial charge in [0.1, 0.15) is 0 Å². The highest BCUT2D eigenvalue weighted by Gasteiger charge is 2.24. The third-order valence-electron chi connectivity index (χ3n) is 1.64. The van der Waals surface area contributed by atoms with Gasteiger partial charge < -0.3 is 11.1 Å². The van der Waals surface area contributed by atoms with Crippen LogP contribution in [0.2, 0.25) is 0 Å². The van der Waals surface area contributed by atoms with E-state index in [0.717, 1.165) is 24.3 Å².